The molecule has 0 saturated heterocycles. The molecule has 0 aliphatic carbocycles. The van der Waals surface area contributed by atoms with Crippen molar-refractivity contribution in [3.63, 3.8) is 0 Å². The monoisotopic (exact) mass is 370 g/mol. The van der Waals surface area contributed by atoms with Crippen LogP contribution < -0.4 is 10.6 Å². The van der Waals surface area contributed by atoms with Crippen LogP contribution in [0.3, 0.4) is 0 Å². The molecule has 1 atom stereocenters. The molecule has 6 nitrogen and oxygen atoms in total. The van der Waals surface area contributed by atoms with Crippen LogP contribution in [0.4, 0.5) is 0 Å². The average molecular weight is 371 g/mol. The van der Waals surface area contributed by atoms with Gasteiger partial charge in [-0.1, -0.05) is 30.3 Å². The second-order valence-corrected chi connectivity index (χ2v) is 7.09. The molecule has 2 N–H and O–H groups in total. The van der Waals surface area contributed by atoms with Gasteiger partial charge >= 0.3 is 0 Å². The molecule has 0 bridgehead atoms. The number of nitrogens with one attached hydrogen (secondary N) is 2. The van der Waals surface area contributed by atoms with Crippen molar-refractivity contribution in [1.82, 2.24) is 25.3 Å². The van der Waals surface area contributed by atoms with Crippen molar-refractivity contribution >= 4 is 5.96 Å². The minimum Gasteiger partial charge on any atom is -0.356 e. The van der Waals surface area contributed by atoms with Crippen molar-refractivity contribution in [3.05, 3.63) is 53.9 Å². The van der Waals surface area contributed by atoms with Gasteiger partial charge in [0, 0.05) is 46.0 Å². The molecule has 2 aromatic rings. The zero-order valence-corrected chi connectivity index (χ0v) is 17.2. The molecule has 0 saturated carbocycles. The van der Waals surface area contributed by atoms with Crippen molar-refractivity contribution in [2.45, 2.75) is 38.8 Å². The van der Waals surface area contributed by atoms with Crippen LogP contribution in [0, 0.1) is 0 Å². The van der Waals surface area contributed by atoms with Gasteiger partial charge in [0.1, 0.15) is 0 Å². The van der Waals surface area contributed by atoms with Gasteiger partial charge in [0.25, 0.3) is 0 Å². The lowest BCUT2D eigenvalue weighted by atomic mass is 10.1. The van der Waals surface area contributed by atoms with Gasteiger partial charge < -0.3 is 10.6 Å². The van der Waals surface area contributed by atoms with Crippen LogP contribution in [0.5, 0.6) is 0 Å². The molecule has 0 aliphatic rings. The van der Waals surface area contributed by atoms with Gasteiger partial charge in [-0.05, 0) is 44.4 Å². The van der Waals surface area contributed by atoms with E-state index in [2.05, 4.69) is 76.1 Å². The van der Waals surface area contributed by atoms with Crippen LogP contribution in [-0.4, -0.2) is 53.9 Å². The Bertz CT molecular complexity index is 679. The van der Waals surface area contributed by atoms with Crippen LogP contribution in [0.1, 0.15) is 30.9 Å². The molecule has 0 fully saturated rings. The van der Waals surface area contributed by atoms with E-state index in [1.807, 2.05) is 25.0 Å². The first kappa shape index (κ1) is 21.0. The number of hydrogen-bond acceptors (Lipinski definition) is 3. The Labute approximate surface area is 163 Å². The van der Waals surface area contributed by atoms with Crippen molar-refractivity contribution in [2.75, 3.05) is 27.2 Å². The number of nitrogens with zero attached hydrogens (tertiary/aromatic N) is 4. The third-order valence-corrected chi connectivity index (χ3v) is 4.80. The molecule has 1 heterocycles. The first-order valence-electron chi connectivity index (χ1n) is 9.74. The fourth-order valence-electron chi connectivity index (χ4n) is 2.97. The number of rotatable bonds is 10. The molecule has 0 amide bonds. The fraction of sp³-hybridized carbons (Fsp3) is 0.524. The molecule has 1 unspecified atom stereocenters. The highest BCUT2D eigenvalue weighted by molar-refractivity contribution is 5.79. The molecule has 1 aromatic heterocycles. The van der Waals surface area contributed by atoms with Crippen LogP contribution in [0.15, 0.2) is 47.7 Å². The fourth-order valence-corrected chi connectivity index (χ4v) is 2.97. The Morgan fingerprint density at radius 3 is 2.59 bits per heavy atom. The summed E-state index contributed by atoms with van der Waals surface area (Å²) in [6.45, 7) is 5.05. The summed E-state index contributed by atoms with van der Waals surface area (Å²) >= 11 is 0. The quantitative estimate of drug-likeness (QED) is 0.383. The SMILES string of the molecule is CN=C(NCCCc1cnn(C)c1)NCCC(C)N(C)Cc1ccccc1. The molecule has 1 aromatic carbocycles. The zero-order chi connectivity index (χ0) is 19.5. The van der Waals surface area contributed by atoms with E-state index in [1.165, 1.54) is 11.1 Å². The van der Waals surface area contributed by atoms with Gasteiger partial charge in [0.05, 0.1) is 6.20 Å². The maximum absolute atomic E-state index is 4.31. The molecule has 0 spiro atoms. The average Bonchev–Trinajstić information content (AvgIpc) is 3.09. The number of guanidine groups is 1. The summed E-state index contributed by atoms with van der Waals surface area (Å²) in [5.41, 5.74) is 2.63. The highest BCUT2D eigenvalue weighted by atomic mass is 15.2. The van der Waals surface area contributed by atoms with Crippen molar-refractivity contribution < 1.29 is 0 Å². The van der Waals surface area contributed by atoms with Crippen molar-refractivity contribution in [2.24, 2.45) is 12.0 Å². The summed E-state index contributed by atoms with van der Waals surface area (Å²) in [5, 5.41) is 11.0. The Balaban J connectivity index is 1.60. The maximum Gasteiger partial charge on any atom is 0.190 e. The lowest BCUT2D eigenvalue weighted by molar-refractivity contribution is 0.238. The number of aryl methyl sites for hydroxylation is 2. The molecule has 0 radical (unpaired) electrons. The Hall–Kier alpha value is -2.34. The summed E-state index contributed by atoms with van der Waals surface area (Å²) in [5.74, 6) is 0.874. The van der Waals surface area contributed by atoms with Gasteiger partial charge in [0.15, 0.2) is 5.96 Å². The normalized spacial score (nSPS) is 13.0. The third-order valence-electron chi connectivity index (χ3n) is 4.80. The minimum absolute atomic E-state index is 0.501. The maximum atomic E-state index is 4.31. The van der Waals surface area contributed by atoms with Gasteiger partial charge in [-0.25, -0.2) is 0 Å². The zero-order valence-electron chi connectivity index (χ0n) is 17.2. The lowest BCUT2D eigenvalue weighted by Gasteiger charge is -2.25. The largest absolute Gasteiger partial charge is 0.356 e. The number of aromatic nitrogens is 2. The molecule has 6 heteroatoms. The Kier molecular flexibility index (Phi) is 8.84. The van der Waals surface area contributed by atoms with E-state index in [4.69, 9.17) is 0 Å². The highest BCUT2D eigenvalue weighted by Gasteiger charge is 2.09. The van der Waals surface area contributed by atoms with Crippen LogP contribution in [0.2, 0.25) is 0 Å². The molecule has 2 rings (SSSR count). The Morgan fingerprint density at radius 2 is 1.93 bits per heavy atom. The minimum atomic E-state index is 0.501. The van der Waals surface area contributed by atoms with E-state index in [-0.39, 0.29) is 0 Å². The topological polar surface area (TPSA) is 57.5 Å². The van der Waals surface area contributed by atoms with Crippen molar-refractivity contribution in [3.8, 4) is 0 Å². The van der Waals surface area contributed by atoms with E-state index in [1.54, 1.807) is 0 Å². The number of aliphatic imine (C=N–C) groups is 1. The second kappa shape index (κ2) is 11.4. The van der Waals surface area contributed by atoms with Crippen LogP contribution >= 0.6 is 0 Å². The van der Waals surface area contributed by atoms with Crippen LogP contribution in [0.25, 0.3) is 0 Å². The molecule has 27 heavy (non-hydrogen) atoms. The van der Waals surface area contributed by atoms with Gasteiger partial charge in [0.2, 0.25) is 0 Å². The number of benzene rings is 1. The first-order valence-corrected chi connectivity index (χ1v) is 9.74. The van der Waals surface area contributed by atoms with E-state index in [9.17, 15) is 0 Å². The second-order valence-electron chi connectivity index (χ2n) is 7.09. The highest BCUT2D eigenvalue weighted by Crippen LogP contribution is 2.07. The van der Waals surface area contributed by atoms with Crippen LogP contribution in [-0.2, 0) is 20.0 Å². The predicted octanol–water partition coefficient (Wildman–Crippen LogP) is 2.43. The van der Waals surface area contributed by atoms with Gasteiger partial charge in [-0.2, -0.15) is 5.10 Å². The molecular weight excluding hydrogens is 336 g/mol. The molecular formula is C21H34N6. The smallest absolute Gasteiger partial charge is 0.190 e. The first-order chi connectivity index (χ1) is 13.1. The summed E-state index contributed by atoms with van der Waals surface area (Å²) in [7, 11) is 5.95. The van der Waals surface area contributed by atoms with Crippen molar-refractivity contribution in [1.29, 1.82) is 0 Å². The van der Waals surface area contributed by atoms with Gasteiger partial charge in [-0.3, -0.25) is 14.6 Å². The van der Waals surface area contributed by atoms with Gasteiger partial charge in [-0.15, -0.1) is 0 Å². The lowest BCUT2D eigenvalue weighted by Crippen LogP contribution is -2.40. The third kappa shape index (κ3) is 7.83. The standard InChI is InChI=1S/C21H34N6/c1-18(26(3)16-19-9-6-5-7-10-19)12-14-24-21(22-2)23-13-8-11-20-15-25-27(4)17-20/h5-7,9-10,15,17-18H,8,11-14,16H2,1-4H3,(H2,22,23,24). The summed E-state index contributed by atoms with van der Waals surface area (Å²) in [6, 6.07) is 11.1. The summed E-state index contributed by atoms with van der Waals surface area (Å²) in [4.78, 5) is 6.70. The molecule has 0 aliphatic heterocycles. The summed E-state index contributed by atoms with van der Waals surface area (Å²) < 4.78 is 1.85. The molecule has 148 valence electrons. The summed E-state index contributed by atoms with van der Waals surface area (Å²) in [6.07, 6.45) is 7.16. The van der Waals surface area contributed by atoms with E-state index in [0.717, 1.165) is 44.9 Å². The van der Waals surface area contributed by atoms with E-state index >= 15 is 0 Å². The van der Waals surface area contributed by atoms with E-state index < -0.39 is 0 Å². The van der Waals surface area contributed by atoms with E-state index in [0.29, 0.717) is 6.04 Å². The Morgan fingerprint density at radius 1 is 1.19 bits per heavy atom. The number of hydrogen-bond donors (Lipinski definition) is 2. The predicted molar refractivity (Wildman–Crippen MR) is 113 cm³/mol.